The summed E-state index contributed by atoms with van der Waals surface area (Å²) in [4.78, 5) is 15.5. The molecule has 0 aromatic heterocycles. The van der Waals surface area contributed by atoms with E-state index in [1.54, 1.807) is 31.2 Å². The van der Waals surface area contributed by atoms with Crippen LogP contribution in [0.2, 0.25) is 0 Å². The molecule has 0 spiro atoms. The maximum absolute atomic E-state index is 15.9. The maximum Gasteiger partial charge on any atom is 0.347 e. The van der Waals surface area contributed by atoms with Gasteiger partial charge in [0.2, 0.25) is 0 Å². The lowest BCUT2D eigenvalue weighted by Crippen LogP contribution is -2.33. The number of benzene rings is 3. The van der Waals surface area contributed by atoms with Crippen molar-refractivity contribution < 1.29 is 18.7 Å². The highest BCUT2D eigenvalue weighted by molar-refractivity contribution is 9.10. The molecule has 3 aromatic rings. The summed E-state index contributed by atoms with van der Waals surface area (Å²) in [6.45, 7) is 5.71. The van der Waals surface area contributed by atoms with Crippen LogP contribution in [-0.2, 0) is 6.61 Å². The van der Waals surface area contributed by atoms with Gasteiger partial charge in [0.05, 0.1) is 4.47 Å². The van der Waals surface area contributed by atoms with Crippen molar-refractivity contribution in [2.45, 2.75) is 45.8 Å². The minimum absolute atomic E-state index is 0.0961. The molecule has 0 aliphatic carbocycles. The highest BCUT2D eigenvalue weighted by Gasteiger charge is 2.32. The Labute approximate surface area is 208 Å². The number of halogens is 2. The van der Waals surface area contributed by atoms with Crippen molar-refractivity contribution in [2.75, 3.05) is 13.1 Å². The van der Waals surface area contributed by atoms with Gasteiger partial charge in [0.1, 0.15) is 29.5 Å². The quantitative estimate of drug-likeness (QED) is 0.240. The lowest BCUT2D eigenvalue weighted by molar-refractivity contribution is 0.0727. The molecule has 1 fully saturated rings. The van der Waals surface area contributed by atoms with Crippen LogP contribution in [0.3, 0.4) is 0 Å². The van der Waals surface area contributed by atoms with Crippen LogP contribution in [0.5, 0.6) is 11.5 Å². The number of para-hydroxylation sites is 1. The van der Waals surface area contributed by atoms with Crippen LogP contribution in [0, 0.1) is 12.7 Å². The Kier molecular flexibility index (Phi) is 8.01. The van der Waals surface area contributed by atoms with Crippen molar-refractivity contribution >= 4 is 21.9 Å². The smallest absolute Gasteiger partial charge is 0.347 e. The van der Waals surface area contributed by atoms with E-state index >= 15 is 4.39 Å². The molecular formula is C28H29BrFNO3. The number of piperidine rings is 1. The van der Waals surface area contributed by atoms with Crippen molar-refractivity contribution in [1.82, 2.24) is 4.90 Å². The Morgan fingerprint density at radius 1 is 1.03 bits per heavy atom. The molecule has 0 radical (unpaired) electrons. The molecule has 0 bridgehead atoms. The Morgan fingerprint density at radius 3 is 2.29 bits per heavy atom. The largest absolute Gasteiger partial charge is 0.487 e. The van der Waals surface area contributed by atoms with Crippen LogP contribution in [0.4, 0.5) is 4.39 Å². The van der Waals surface area contributed by atoms with Gasteiger partial charge in [-0.1, -0.05) is 55.0 Å². The van der Waals surface area contributed by atoms with Gasteiger partial charge in [-0.2, -0.15) is 0 Å². The van der Waals surface area contributed by atoms with E-state index in [4.69, 9.17) is 9.47 Å². The Bertz CT molecular complexity index is 1130. The van der Waals surface area contributed by atoms with Crippen molar-refractivity contribution in [3.8, 4) is 11.5 Å². The summed E-state index contributed by atoms with van der Waals surface area (Å²) in [5, 5.41) is 0. The Hall–Kier alpha value is -2.70. The van der Waals surface area contributed by atoms with E-state index in [1.807, 2.05) is 43.3 Å². The molecular weight excluding hydrogens is 497 g/mol. The second kappa shape index (κ2) is 11.2. The van der Waals surface area contributed by atoms with Gasteiger partial charge in [-0.15, -0.1) is 0 Å². The minimum atomic E-state index is -0.650. The molecule has 1 aliphatic heterocycles. The van der Waals surface area contributed by atoms with Gasteiger partial charge in [0.15, 0.2) is 0 Å². The molecule has 4 nitrogen and oxygen atoms in total. The summed E-state index contributed by atoms with van der Waals surface area (Å²) in [6, 6.07) is 18.3. The minimum Gasteiger partial charge on any atom is -0.487 e. The molecule has 0 N–H and O–H groups in total. The standard InChI is InChI=1S/C28H29BrFNO3/c1-19-23(28(32)34-22-14-8-4-9-15-22)27(33-18-21-12-6-3-7-13-21)25(29)24(26(19)30)20(2)31-16-10-5-11-17-31/h3-4,6-9,12-15,20H,5,10-11,16-18H2,1-2H3. The van der Waals surface area contributed by atoms with Crippen LogP contribution in [0.15, 0.2) is 65.1 Å². The number of hydrogen-bond acceptors (Lipinski definition) is 4. The fourth-order valence-corrected chi connectivity index (χ4v) is 5.24. The summed E-state index contributed by atoms with van der Waals surface area (Å²) >= 11 is 3.61. The number of likely N-dealkylation sites (tertiary alicyclic amines) is 1. The van der Waals surface area contributed by atoms with Gasteiger partial charge in [0, 0.05) is 17.2 Å². The third kappa shape index (κ3) is 5.34. The summed E-state index contributed by atoms with van der Waals surface area (Å²) in [7, 11) is 0. The van der Waals surface area contributed by atoms with E-state index in [0.717, 1.165) is 31.5 Å². The van der Waals surface area contributed by atoms with Gasteiger partial charge < -0.3 is 9.47 Å². The third-order valence-corrected chi connectivity index (χ3v) is 7.13. The summed E-state index contributed by atoms with van der Waals surface area (Å²) in [5.41, 5.74) is 1.79. The topological polar surface area (TPSA) is 38.8 Å². The first-order valence-corrected chi connectivity index (χ1v) is 12.5. The SMILES string of the molecule is Cc1c(F)c(C(C)N2CCCCC2)c(Br)c(OCc2ccccc2)c1C(=O)Oc1ccccc1. The molecule has 3 aromatic carbocycles. The van der Waals surface area contributed by atoms with E-state index in [-0.39, 0.29) is 23.8 Å². The van der Waals surface area contributed by atoms with Gasteiger partial charge in [-0.05, 0) is 73.4 Å². The molecule has 0 saturated carbocycles. The molecule has 1 aliphatic rings. The van der Waals surface area contributed by atoms with Crippen molar-refractivity contribution in [2.24, 2.45) is 0 Å². The number of ether oxygens (including phenoxy) is 2. The first-order chi connectivity index (χ1) is 16.5. The molecule has 34 heavy (non-hydrogen) atoms. The number of carbonyl (C=O) groups is 1. The van der Waals surface area contributed by atoms with E-state index in [2.05, 4.69) is 20.8 Å². The highest BCUT2D eigenvalue weighted by atomic mass is 79.9. The van der Waals surface area contributed by atoms with Gasteiger partial charge in [-0.3, -0.25) is 4.90 Å². The number of hydrogen-bond donors (Lipinski definition) is 0. The fourth-order valence-electron chi connectivity index (χ4n) is 4.42. The highest BCUT2D eigenvalue weighted by Crippen LogP contribution is 2.43. The predicted molar refractivity (Wildman–Crippen MR) is 135 cm³/mol. The molecule has 178 valence electrons. The zero-order chi connectivity index (χ0) is 24.1. The second-order valence-corrected chi connectivity index (χ2v) is 9.41. The van der Waals surface area contributed by atoms with Crippen LogP contribution < -0.4 is 9.47 Å². The molecule has 1 atom stereocenters. The van der Waals surface area contributed by atoms with E-state index < -0.39 is 11.8 Å². The Balaban J connectivity index is 1.76. The first kappa shape index (κ1) is 24.4. The average molecular weight is 526 g/mol. The van der Waals surface area contributed by atoms with E-state index in [1.165, 1.54) is 6.42 Å². The molecule has 4 rings (SSSR count). The molecule has 6 heteroatoms. The number of rotatable bonds is 7. The number of nitrogens with zero attached hydrogens (tertiary/aromatic N) is 1. The van der Waals surface area contributed by atoms with E-state index in [9.17, 15) is 4.79 Å². The second-order valence-electron chi connectivity index (χ2n) is 8.62. The summed E-state index contributed by atoms with van der Waals surface area (Å²) in [5.74, 6) is -0.355. The molecule has 1 saturated heterocycles. The fraction of sp³-hybridized carbons (Fsp3) is 0.321. The zero-order valence-corrected chi connectivity index (χ0v) is 21.1. The maximum atomic E-state index is 15.9. The predicted octanol–water partition coefficient (Wildman–Crippen LogP) is 7.24. The van der Waals surface area contributed by atoms with Gasteiger partial charge >= 0.3 is 5.97 Å². The van der Waals surface area contributed by atoms with Gasteiger partial charge in [0.25, 0.3) is 0 Å². The first-order valence-electron chi connectivity index (χ1n) is 11.7. The average Bonchev–Trinajstić information content (AvgIpc) is 2.87. The van der Waals surface area contributed by atoms with Crippen molar-refractivity contribution in [1.29, 1.82) is 0 Å². The molecule has 1 unspecified atom stereocenters. The van der Waals surface area contributed by atoms with Crippen molar-refractivity contribution in [3.63, 3.8) is 0 Å². The lowest BCUT2D eigenvalue weighted by atomic mass is 9.96. The Morgan fingerprint density at radius 2 is 1.65 bits per heavy atom. The summed E-state index contributed by atoms with van der Waals surface area (Å²) in [6.07, 6.45) is 3.39. The molecule has 1 heterocycles. The van der Waals surface area contributed by atoms with Crippen LogP contribution in [0.25, 0.3) is 0 Å². The van der Waals surface area contributed by atoms with Crippen LogP contribution in [0.1, 0.15) is 59.3 Å². The zero-order valence-electron chi connectivity index (χ0n) is 19.5. The summed E-state index contributed by atoms with van der Waals surface area (Å²) < 4.78 is 28.1. The van der Waals surface area contributed by atoms with Crippen LogP contribution >= 0.6 is 15.9 Å². The third-order valence-electron chi connectivity index (χ3n) is 6.34. The van der Waals surface area contributed by atoms with Gasteiger partial charge in [-0.25, -0.2) is 9.18 Å². The van der Waals surface area contributed by atoms with E-state index in [0.29, 0.717) is 21.5 Å². The normalized spacial score (nSPS) is 15.1. The van der Waals surface area contributed by atoms with Crippen LogP contribution in [-0.4, -0.2) is 24.0 Å². The molecule has 0 amide bonds. The lowest BCUT2D eigenvalue weighted by Gasteiger charge is -2.34. The number of esters is 1. The monoisotopic (exact) mass is 525 g/mol. The van der Waals surface area contributed by atoms with Crippen molar-refractivity contribution in [3.05, 3.63) is 93.2 Å². The number of carbonyl (C=O) groups excluding carboxylic acids is 1.